The maximum Gasteiger partial charge on any atom is 0.329 e. The van der Waals surface area contributed by atoms with Crippen LogP contribution in [0.4, 0.5) is 5.69 Å². The van der Waals surface area contributed by atoms with Crippen LogP contribution in [0.25, 0.3) is 0 Å². The van der Waals surface area contributed by atoms with E-state index in [1.165, 1.54) is 18.9 Å². The lowest BCUT2D eigenvalue weighted by Gasteiger charge is -2.27. The minimum absolute atomic E-state index is 0.0170. The van der Waals surface area contributed by atoms with Gasteiger partial charge in [-0.1, -0.05) is 6.07 Å². The normalized spacial score (nSPS) is 19.7. The van der Waals surface area contributed by atoms with Crippen LogP contribution in [0, 0.1) is 6.92 Å². The molecule has 0 radical (unpaired) electrons. The molecule has 8 heteroatoms. The van der Waals surface area contributed by atoms with Crippen molar-refractivity contribution in [2.45, 2.75) is 31.6 Å². The lowest BCUT2D eigenvalue weighted by molar-refractivity contribution is -0.146. The Morgan fingerprint density at radius 3 is 2.80 bits per heavy atom. The van der Waals surface area contributed by atoms with Gasteiger partial charge in [0.1, 0.15) is 11.8 Å². The van der Waals surface area contributed by atoms with Crippen molar-refractivity contribution in [3.05, 3.63) is 23.8 Å². The van der Waals surface area contributed by atoms with Crippen LogP contribution in [0.15, 0.2) is 18.2 Å². The van der Waals surface area contributed by atoms with E-state index < -0.39 is 17.3 Å². The fourth-order valence-electron chi connectivity index (χ4n) is 2.40. The van der Waals surface area contributed by atoms with Crippen LogP contribution in [-0.4, -0.2) is 48.5 Å². The van der Waals surface area contributed by atoms with E-state index >= 15 is 0 Å². The molecule has 1 aliphatic heterocycles. The number of ether oxygens (including phenoxy) is 2. The Morgan fingerprint density at radius 1 is 1.40 bits per heavy atom. The van der Waals surface area contributed by atoms with Gasteiger partial charge in [-0.2, -0.15) is 0 Å². The Hall–Kier alpha value is -2.22. The number of nitrogens with one attached hydrogen (secondary N) is 2. The molecule has 1 aromatic rings. The minimum atomic E-state index is -0.659. The maximum absolute atomic E-state index is 12.3. The van der Waals surface area contributed by atoms with Crippen molar-refractivity contribution in [2.75, 3.05) is 24.8 Å². The number of hydrogen-bond acceptors (Lipinski definition) is 6. The highest BCUT2D eigenvalue weighted by Gasteiger charge is 2.34. The molecule has 0 aliphatic carbocycles. The monoisotopic (exact) mass is 366 g/mol. The van der Waals surface area contributed by atoms with Crippen molar-refractivity contribution >= 4 is 35.2 Å². The summed E-state index contributed by atoms with van der Waals surface area (Å²) in [6.07, 6.45) is 0.0170. The second kappa shape index (κ2) is 8.75. The highest BCUT2D eigenvalue weighted by atomic mass is 32.2. The van der Waals surface area contributed by atoms with Gasteiger partial charge in [0.2, 0.25) is 11.8 Å². The summed E-state index contributed by atoms with van der Waals surface area (Å²) in [5.74, 6) is -0.124. The average Bonchev–Trinajstić information content (AvgIpc) is 2.57. The highest BCUT2D eigenvalue weighted by Crippen LogP contribution is 2.27. The third-order valence-corrected chi connectivity index (χ3v) is 4.95. The zero-order valence-corrected chi connectivity index (χ0v) is 15.3. The first kappa shape index (κ1) is 19.1. The first-order chi connectivity index (χ1) is 11.9. The Balaban J connectivity index is 1.92. The number of carbonyl (C=O) groups is 3. The van der Waals surface area contributed by atoms with Gasteiger partial charge >= 0.3 is 5.97 Å². The van der Waals surface area contributed by atoms with E-state index in [0.717, 1.165) is 5.56 Å². The summed E-state index contributed by atoms with van der Waals surface area (Å²) >= 11 is 1.28. The standard InChI is InChI=1S/C17H22N2O5S/c1-4-24-17(22)12-9-25-14(16(21)19-12)8-15(20)18-11-7-10(2)5-6-13(11)23-3/h5-7,12,14H,4,8-9H2,1-3H3,(H,18,20)(H,19,21)/t12-,14-/m0/s1. The van der Waals surface area contributed by atoms with Gasteiger partial charge in [-0.05, 0) is 31.5 Å². The number of aryl methyl sites for hydroxylation is 1. The number of rotatable bonds is 6. The SMILES string of the molecule is CCOC(=O)[C@@H]1CS[C@@H](CC(=O)Nc2cc(C)ccc2OC)C(=O)N1. The quantitative estimate of drug-likeness (QED) is 0.741. The summed E-state index contributed by atoms with van der Waals surface area (Å²) in [7, 11) is 1.53. The molecule has 1 heterocycles. The van der Waals surface area contributed by atoms with E-state index in [9.17, 15) is 14.4 Å². The number of anilines is 1. The molecule has 0 aromatic heterocycles. The number of methoxy groups -OCH3 is 1. The van der Waals surface area contributed by atoms with Crippen LogP contribution < -0.4 is 15.4 Å². The molecule has 7 nitrogen and oxygen atoms in total. The van der Waals surface area contributed by atoms with Crippen molar-refractivity contribution in [2.24, 2.45) is 0 Å². The average molecular weight is 366 g/mol. The summed E-state index contributed by atoms with van der Waals surface area (Å²) < 4.78 is 10.1. The van der Waals surface area contributed by atoms with Crippen LogP contribution >= 0.6 is 11.8 Å². The second-order valence-electron chi connectivity index (χ2n) is 5.59. The molecule has 2 N–H and O–H groups in total. The third-order valence-electron chi connectivity index (χ3n) is 3.64. The Labute approximate surface area is 150 Å². The molecule has 25 heavy (non-hydrogen) atoms. The summed E-state index contributed by atoms with van der Waals surface area (Å²) in [5.41, 5.74) is 1.55. The lowest BCUT2D eigenvalue weighted by atomic mass is 10.2. The molecule has 0 bridgehead atoms. The van der Waals surface area contributed by atoms with E-state index in [0.29, 0.717) is 17.2 Å². The predicted molar refractivity (Wildman–Crippen MR) is 95.8 cm³/mol. The Bertz CT molecular complexity index is 664. The zero-order chi connectivity index (χ0) is 18.4. The van der Waals surface area contributed by atoms with Gasteiger partial charge < -0.3 is 20.1 Å². The Morgan fingerprint density at radius 2 is 2.16 bits per heavy atom. The first-order valence-electron chi connectivity index (χ1n) is 7.97. The molecular weight excluding hydrogens is 344 g/mol. The van der Waals surface area contributed by atoms with Gasteiger partial charge in [-0.25, -0.2) is 4.79 Å². The fraction of sp³-hybridized carbons (Fsp3) is 0.471. The second-order valence-corrected chi connectivity index (χ2v) is 6.83. The lowest BCUT2D eigenvalue weighted by Crippen LogP contribution is -2.51. The van der Waals surface area contributed by atoms with Crippen molar-refractivity contribution in [3.63, 3.8) is 0 Å². The molecule has 1 aromatic carbocycles. The molecule has 136 valence electrons. The molecule has 0 unspecified atom stereocenters. The predicted octanol–water partition coefficient (Wildman–Crippen LogP) is 1.50. The number of esters is 1. The molecule has 0 spiro atoms. The summed E-state index contributed by atoms with van der Waals surface area (Å²) in [6, 6.07) is 4.81. The van der Waals surface area contributed by atoms with E-state index in [4.69, 9.17) is 9.47 Å². The van der Waals surface area contributed by atoms with Crippen molar-refractivity contribution < 1.29 is 23.9 Å². The van der Waals surface area contributed by atoms with Gasteiger partial charge in [-0.15, -0.1) is 11.8 Å². The number of hydrogen-bond donors (Lipinski definition) is 2. The summed E-state index contributed by atoms with van der Waals surface area (Å²) in [4.78, 5) is 36.1. The van der Waals surface area contributed by atoms with E-state index in [1.807, 2.05) is 19.1 Å². The van der Waals surface area contributed by atoms with E-state index in [-0.39, 0.29) is 24.8 Å². The van der Waals surface area contributed by atoms with Gasteiger partial charge in [-0.3, -0.25) is 9.59 Å². The van der Waals surface area contributed by atoms with Gasteiger partial charge in [0.15, 0.2) is 0 Å². The van der Waals surface area contributed by atoms with E-state index in [2.05, 4.69) is 10.6 Å². The number of carbonyl (C=O) groups excluding carboxylic acids is 3. The summed E-state index contributed by atoms with van der Waals surface area (Å²) in [5, 5.41) is 4.85. The maximum atomic E-state index is 12.3. The van der Waals surface area contributed by atoms with Crippen molar-refractivity contribution in [3.8, 4) is 5.75 Å². The largest absolute Gasteiger partial charge is 0.495 e. The van der Waals surface area contributed by atoms with Crippen LogP contribution in [0.1, 0.15) is 18.9 Å². The Kier molecular flexibility index (Phi) is 6.69. The van der Waals surface area contributed by atoms with Crippen LogP contribution in [0.5, 0.6) is 5.75 Å². The summed E-state index contributed by atoms with van der Waals surface area (Å²) in [6.45, 7) is 3.89. The van der Waals surface area contributed by atoms with Crippen molar-refractivity contribution in [1.29, 1.82) is 0 Å². The molecule has 2 rings (SSSR count). The zero-order valence-electron chi connectivity index (χ0n) is 14.5. The van der Waals surface area contributed by atoms with Gasteiger partial charge in [0.25, 0.3) is 0 Å². The number of amides is 2. The van der Waals surface area contributed by atoms with Crippen molar-refractivity contribution in [1.82, 2.24) is 5.32 Å². The van der Waals surface area contributed by atoms with E-state index in [1.54, 1.807) is 13.0 Å². The number of benzene rings is 1. The number of thioether (sulfide) groups is 1. The molecular formula is C17H22N2O5S. The molecule has 0 saturated carbocycles. The molecule has 1 fully saturated rings. The molecule has 1 saturated heterocycles. The van der Waals surface area contributed by atoms with Gasteiger partial charge in [0.05, 0.1) is 24.7 Å². The smallest absolute Gasteiger partial charge is 0.329 e. The van der Waals surface area contributed by atoms with Crippen LogP contribution in [-0.2, 0) is 19.1 Å². The molecule has 2 atom stereocenters. The van der Waals surface area contributed by atoms with Gasteiger partial charge in [0, 0.05) is 12.2 Å². The minimum Gasteiger partial charge on any atom is -0.495 e. The molecule has 2 amide bonds. The first-order valence-corrected chi connectivity index (χ1v) is 9.02. The molecule has 1 aliphatic rings. The highest BCUT2D eigenvalue weighted by molar-refractivity contribution is 8.00. The van der Waals surface area contributed by atoms with Crippen LogP contribution in [0.3, 0.4) is 0 Å². The third kappa shape index (κ3) is 5.12. The topological polar surface area (TPSA) is 93.7 Å². The van der Waals surface area contributed by atoms with Crippen LogP contribution in [0.2, 0.25) is 0 Å². The fourth-order valence-corrected chi connectivity index (χ4v) is 3.54.